The molecule has 2 unspecified atom stereocenters. The van der Waals surface area contributed by atoms with Gasteiger partial charge in [-0.15, -0.1) is 0 Å². The zero-order valence-corrected chi connectivity index (χ0v) is 15.2. The molecule has 1 fully saturated rings. The molecule has 1 aliphatic heterocycles. The molecular weight excluding hydrogens is 330 g/mol. The predicted octanol–water partition coefficient (Wildman–Crippen LogP) is 3.70. The van der Waals surface area contributed by atoms with Crippen LogP contribution in [0, 0.1) is 0 Å². The van der Waals surface area contributed by atoms with Crippen molar-refractivity contribution in [3.05, 3.63) is 65.7 Å². The minimum absolute atomic E-state index is 0.230. The van der Waals surface area contributed by atoms with Crippen LogP contribution in [0.1, 0.15) is 30.9 Å². The first kappa shape index (κ1) is 18.3. The summed E-state index contributed by atoms with van der Waals surface area (Å²) in [6, 6.07) is 16.6. The third-order valence-electron chi connectivity index (χ3n) is 5.02. The molecule has 1 heterocycles. The van der Waals surface area contributed by atoms with Gasteiger partial charge in [-0.3, -0.25) is 0 Å². The zero-order chi connectivity index (χ0) is 18.6. The van der Waals surface area contributed by atoms with Crippen molar-refractivity contribution in [1.29, 1.82) is 0 Å². The van der Waals surface area contributed by atoms with Gasteiger partial charge >= 0.3 is 6.09 Å². The number of benzene rings is 2. The van der Waals surface area contributed by atoms with Crippen LogP contribution in [-0.2, 0) is 16.9 Å². The fourth-order valence-electron chi connectivity index (χ4n) is 3.49. The van der Waals surface area contributed by atoms with E-state index in [1.165, 1.54) is 0 Å². The van der Waals surface area contributed by atoms with E-state index in [2.05, 4.69) is 0 Å². The number of carbonyl (C=O) groups is 1. The van der Waals surface area contributed by atoms with E-state index in [9.17, 15) is 9.90 Å². The normalized spacial score (nSPS) is 19.0. The highest BCUT2D eigenvalue weighted by Gasteiger charge is 2.43. The Labute approximate surface area is 154 Å². The molecular formula is C21H25NO4. The molecule has 138 valence electrons. The van der Waals surface area contributed by atoms with Crippen molar-refractivity contribution in [2.24, 2.45) is 0 Å². The molecule has 2 aromatic rings. The van der Waals surface area contributed by atoms with Crippen LogP contribution in [0.15, 0.2) is 54.6 Å². The molecule has 1 N–H and O–H groups in total. The maximum atomic E-state index is 12.6. The van der Waals surface area contributed by atoms with Crippen LogP contribution in [0.5, 0.6) is 5.75 Å². The summed E-state index contributed by atoms with van der Waals surface area (Å²) in [6.07, 6.45) is 1.20. The Morgan fingerprint density at radius 2 is 1.88 bits per heavy atom. The van der Waals surface area contributed by atoms with Crippen LogP contribution in [0.2, 0.25) is 0 Å². The van der Waals surface area contributed by atoms with Gasteiger partial charge in [0.15, 0.2) is 0 Å². The molecule has 26 heavy (non-hydrogen) atoms. The van der Waals surface area contributed by atoms with Crippen LogP contribution < -0.4 is 4.74 Å². The highest BCUT2D eigenvalue weighted by molar-refractivity contribution is 5.68. The highest BCUT2D eigenvalue weighted by atomic mass is 16.6. The van der Waals surface area contributed by atoms with Gasteiger partial charge in [0.1, 0.15) is 18.0 Å². The van der Waals surface area contributed by atoms with E-state index in [4.69, 9.17) is 9.47 Å². The molecule has 0 aliphatic carbocycles. The minimum atomic E-state index is -1.16. The Morgan fingerprint density at radius 1 is 1.19 bits per heavy atom. The Balaban J connectivity index is 1.70. The third kappa shape index (κ3) is 3.83. The summed E-state index contributed by atoms with van der Waals surface area (Å²) < 4.78 is 10.6. The lowest BCUT2D eigenvalue weighted by Gasteiger charge is -2.36. The van der Waals surface area contributed by atoms with Crippen molar-refractivity contribution in [3.8, 4) is 5.75 Å². The predicted molar refractivity (Wildman–Crippen MR) is 98.9 cm³/mol. The number of hydrogen-bond acceptors (Lipinski definition) is 4. The van der Waals surface area contributed by atoms with Crippen molar-refractivity contribution in [2.75, 3.05) is 13.7 Å². The largest absolute Gasteiger partial charge is 0.497 e. The average molecular weight is 355 g/mol. The summed E-state index contributed by atoms with van der Waals surface area (Å²) in [5.74, 6) is 0.732. The van der Waals surface area contributed by atoms with Gasteiger partial charge in [0, 0.05) is 6.54 Å². The summed E-state index contributed by atoms with van der Waals surface area (Å²) in [5, 5.41) is 11.2. The van der Waals surface area contributed by atoms with Gasteiger partial charge in [-0.2, -0.15) is 0 Å². The first-order valence-electron chi connectivity index (χ1n) is 8.86. The monoisotopic (exact) mass is 355 g/mol. The topological polar surface area (TPSA) is 59.0 Å². The minimum Gasteiger partial charge on any atom is -0.497 e. The molecule has 0 radical (unpaired) electrons. The lowest BCUT2D eigenvalue weighted by molar-refractivity contribution is -0.0235. The fourth-order valence-corrected chi connectivity index (χ4v) is 3.49. The first-order valence-corrected chi connectivity index (χ1v) is 8.86. The average Bonchev–Trinajstić information content (AvgIpc) is 3.18. The van der Waals surface area contributed by atoms with E-state index in [0.717, 1.165) is 29.7 Å². The zero-order valence-electron chi connectivity index (χ0n) is 15.2. The van der Waals surface area contributed by atoms with Gasteiger partial charge in [-0.25, -0.2) is 4.79 Å². The van der Waals surface area contributed by atoms with Crippen LogP contribution in [-0.4, -0.2) is 35.8 Å². The van der Waals surface area contributed by atoms with Gasteiger partial charge in [-0.05, 0) is 43.0 Å². The summed E-state index contributed by atoms with van der Waals surface area (Å²) in [6.45, 7) is 2.57. The van der Waals surface area contributed by atoms with Gasteiger partial charge < -0.3 is 19.5 Å². The molecule has 2 aromatic carbocycles. The highest BCUT2D eigenvalue weighted by Crippen LogP contribution is 2.35. The number of aliphatic hydroxyl groups is 1. The van der Waals surface area contributed by atoms with Crippen LogP contribution in [0.4, 0.5) is 4.79 Å². The molecule has 5 nitrogen and oxygen atoms in total. The smallest absolute Gasteiger partial charge is 0.410 e. The second-order valence-electron chi connectivity index (χ2n) is 6.77. The number of likely N-dealkylation sites (tertiary alicyclic amines) is 1. The SMILES string of the molecule is COc1ccc(C(C)(O)C2CCCN2C(=O)OCc2ccccc2)cc1. The number of ether oxygens (including phenoxy) is 2. The lowest BCUT2D eigenvalue weighted by Crippen LogP contribution is -2.48. The van der Waals surface area contributed by atoms with Crippen molar-refractivity contribution < 1.29 is 19.4 Å². The Kier molecular flexibility index (Phi) is 5.47. The van der Waals surface area contributed by atoms with E-state index in [1.54, 1.807) is 18.9 Å². The number of amides is 1. The van der Waals surface area contributed by atoms with Crippen LogP contribution in [0.3, 0.4) is 0 Å². The number of nitrogens with zero attached hydrogens (tertiary/aromatic N) is 1. The van der Waals surface area contributed by atoms with Gasteiger partial charge in [0.25, 0.3) is 0 Å². The molecule has 0 bridgehead atoms. The van der Waals surface area contributed by atoms with Crippen LogP contribution >= 0.6 is 0 Å². The standard InChI is InChI=1S/C21H25NO4/c1-21(24,17-10-12-18(25-2)13-11-17)19-9-6-14-22(19)20(23)26-15-16-7-4-3-5-8-16/h3-5,7-8,10-13,19,24H,6,9,14-15H2,1-2H3. The quantitative estimate of drug-likeness (QED) is 0.888. The molecule has 1 amide bonds. The Morgan fingerprint density at radius 3 is 2.54 bits per heavy atom. The van der Waals surface area contributed by atoms with Gasteiger partial charge in [-0.1, -0.05) is 42.5 Å². The first-order chi connectivity index (χ1) is 12.5. The van der Waals surface area contributed by atoms with Gasteiger partial charge in [0.05, 0.1) is 13.2 Å². The summed E-state index contributed by atoms with van der Waals surface area (Å²) in [5.41, 5.74) is 0.540. The molecule has 5 heteroatoms. The maximum Gasteiger partial charge on any atom is 0.410 e. The molecule has 1 saturated heterocycles. The molecule has 3 rings (SSSR count). The Hall–Kier alpha value is -2.53. The molecule has 2 atom stereocenters. The molecule has 0 saturated carbocycles. The Bertz CT molecular complexity index is 727. The fraction of sp³-hybridized carbons (Fsp3) is 0.381. The number of hydrogen-bond donors (Lipinski definition) is 1. The number of rotatable bonds is 5. The number of carbonyl (C=O) groups excluding carboxylic acids is 1. The van der Waals surface area contributed by atoms with E-state index in [-0.39, 0.29) is 18.7 Å². The second-order valence-corrected chi connectivity index (χ2v) is 6.77. The van der Waals surface area contributed by atoms with Crippen molar-refractivity contribution in [2.45, 2.75) is 38.0 Å². The van der Waals surface area contributed by atoms with E-state index >= 15 is 0 Å². The molecule has 1 aliphatic rings. The number of methoxy groups -OCH3 is 1. The van der Waals surface area contributed by atoms with E-state index in [0.29, 0.717) is 6.54 Å². The van der Waals surface area contributed by atoms with Gasteiger partial charge in [0.2, 0.25) is 0 Å². The third-order valence-corrected chi connectivity index (χ3v) is 5.02. The van der Waals surface area contributed by atoms with E-state index < -0.39 is 5.60 Å². The second kappa shape index (κ2) is 7.79. The van der Waals surface area contributed by atoms with Crippen molar-refractivity contribution in [1.82, 2.24) is 4.90 Å². The molecule has 0 spiro atoms. The maximum absolute atomic E-state index is 12.6. The summed E-state index contributed by atoms with van der Waals surface area (Å²) >= 11 is 0. The van der Waals surface area contributed by atoms with E-state index in [1.807, 2.05) is 54.6 Å². The van der Waals surface area contributed by atoms with Crippen molar-refractivity contribution >= 4 is 6.09 Å². The summed E-state index contributed by atoms with van der Waals surface area (Å²) in [4.78, 5) is 14.2. The van der Waals surface area contributed by atoms with Crippen molar-refractivity contribution in [3.63, 3.8) is 0 Å². The summed E-state index contributed by atoms with van der Waals surface area (Å²) in [7, 11) is 1.61. The lowest BCUT2D eigenvalue weighted by atomic mass is 9.86. The molecule has 0 aromatic heterocycles. The van der Waals surface area contributed by atoms with Crippen LogP contribution in [0.25, 0.3) is 0 Å².